The minimum absolute atomic E-state index is 0.00257. The van der Waals surface area contributed by atoms with Gasteiger partial charge in [0.2, 0.25) is 0 Å². The van der Waals surface area contributed by atoms with Gasteiger partial charge in [0, 0.05) is 17.3 Å². The van der Waals surface area contributed by atoms with Crippen LogP contribution in [0.4, 0.5) is 13.2 Å². The maximum Gasteiger partial charge on any atom is 0.417 e. The van der Waals surface area contributed by atoms with Gasteiger partial charge in [0.1, 0.15) is 16.4 Å². The molecule has 0 aliphatic heterocycles. The van der Waals surface area contributed by atoms with Crippen molar-refractivity contribution in [1.82, 2.24) is 4.57 Å². The lowest BCUT2D eigenvalue weighted by Gasteiger charge is -2.17. The number of aromatic hydroxyl groups is 1. The van der Waals surface area contributed by atoms with E-state index in [1.54, 1.807) is 0 Å². The molecule has 7 nitrogen and oxygen atoms in total. The molecule has 2 heterocycles. The highest BCUT2D eigenvalue weighted by molar-refractivity contribution is 7.20. The summed E-state index contributed by atoms with van der Waals surface area (Å²) in [7, 11) is 1.31. The van der Waals surface area contributed by atoms with Gasteiger partial charge in [-0.1, -0.05) is 0 Å². The molecule has 0 fully saturated rings. The molecule has 2 aromatic heterocycles. The molecule has 0 aliphatic rings. The standard InChI is InChI=1S/C22H15F3N2O5S/c1-32-17-6-10(2-4-13(17)20(26)29)27-15(8-18-16(27)9-19(33-18)21(30)31)12-5-3-11(28)7-14(12)22(23,24)25/h2-9,28H,1H3,(H2,26,29)(H,30,31). The predicted octanol–water partition coefficient (Wildman–Crippen LogP) is 4.89. The summed E-state index contributed by atoms with van der Waals surface area (Å²) in [6.07, 6.45) is -4.77. The quantitative estimate of drug-likeness (QED) is 0.380. The highest BCUT2D eigenvalue weighted by Gasteiger charge is 2.35. The molecule has 0 bridgehead atoms. The third-order valence-electron chi connectivity index (χ3n) is 4.99. The van der Waals surface area contributed by atoms with Gasteiger partial charge in [-0.05, 0) is 42.5 Å². The van der Waals surface area contributed by atoms with Crippen LogP contribution in [-0.4, -0.2) is 33.8 Å². The van der Waals surface area contributed by atoms with Gasteiger partial charge in [-0.15, -0.1) is 11.3 Å². The summed E-state index contributed by atoms with van der Waals surface area (Å²) < 4.78 is 48.5. The van der Waals surface area contributed by atoms with Gasteiger partial charge in [-0.25, -0.2) is 4.79 Å². The van der Waals surface area contributed by atoms with E-state index in [1.165, 1.54) is 42.0 Å². The minimum Gasteiger partial charge on any atom is -0.508 e. The van der Waals surface area contributed by atoms with Crippen LogP contribution >= 0.6 is 11.3 Å². The first kappa shape index (κ1) is 22.2. The molecule has 33 heavy (non-hydrogen) atoms. The number of nitrogens with zero attached hydrogens (tertiary/aromatic N) is 1. The number of phenols is 1. The zero-order valence-electron chi connectivity index (χ0n) is 16.8. The maximum absolute atomic E-state index is 13.8. The molecule has 0 saturated heterocycles. The molecule has 0 saturated carbocycles. The number of halogens is 3. The van der Waals surface area contributed by atoms with E-state index in [-0.39, 0.29) is 27.4 Å². The normalized spacial score (nSPS) is 11.6. The number of alkyl halides is 3. The lowest BCUT2D eigenvalue weighted by Crippen LogP contribution is -2.13. The monoisotopic (exact) mass is 476 g/mol. The SMILES string of the molecule is COc1cc(-n2c(-c3ccc(O)cc3C(F)(F)F)cc3sc(C(=O)O)cc32)ccc1C(N)=O. The summed E-state index contributed by atoms with van der Waals surface area (Å²) in [5.41, 5.74) is 4.91. The largest absolute Gasteiger partial charge is 0.508 e. The first-order valence-electron chi connectivity index (χ1n) is 9.28. The van der Waals surface area contributed by atoms with Crippen LogP contribution in [-0.2, 0) is 6.18 Å². The van der Waals surface area contributed by atoms with Gasteiger partial charge in [0.05, 0.1) is 34.1 Å². The lowest BCUT2D eigenvalue weighted by molar-refractivity contribution is -0.137. The van der Waals surface area contributed by atoms with E-state index in [0.717, 1.165) is 23.5 Å². The van der Waals surface area contributed by atoms with Crippen molar-refractivity contribution in [3.63, 3.8) is 0 Å². The Morgan fingerprint density at radius 3 is 2.42 bits per heavy atom. The van der Waals surface area contributed by atoms with Crippen molar-refractivity contribution in [2.24, 2.45) is 5.73 Å². The number of carboxylic acids is 1. The van der Waals surface area contributed by atoms with Crippen LogP contribution in [0.1, 0.15) is 25.6 Å². The van der Waals surface area contributed by atoms with Crippen molar-refractivity contribution < 1.29 is 37.7 Å². The molecule has 4 rings (SSSR count). The number of hydrogen-bond acceptors (Lipinski definition) is 5. The minimum atomic E-state index is -4.77. The molecular formula is C22H15F3N2O5S. The number of phenolic OH excluding ortho intramolecular Hbond substituents is 1. The number of thiophene rings is 1. The number of carbonyl (C=O) groups excluding carboxylic acids is 1. The molecule has 4 aromatic rings. The fourth-order valence-electron chi connectivity index (χ4n) is 3.59. The third kappa shape index (κ3) is 3.87. The molecule has 170 valence electrons. The molecule has 11 heteroatoms. The highest BCUT2D eigenvalue weighted by Crippen LogP contribution is 2.43. The average molecular weight is 476 g/mol. The second-order valence-electron chi connectivity index (χ2n) is 7.01. The van der Waals surface area contributed by atoms with E-state index < -0.39 is 29.4 Å². The number of aromatic nitrogens is 1. The molecule has 4 N–H and O–H groups in total. The highest BCUT2D eigenvalue weighted by atomic mass is 32.1. The summed E-state index contributed by atoms with van der Waals surface area (Å²) in [5.74, 6) is -2.38. The van der Waals surface area contributed by atoms with Crippen molar-refractivity contribution in [3.8, 4) is 28.4 Å². The molecule has 0 aliphatic carbocycles. The summed E-state index contributed by atoms with van der Waals surface area (Å²) in [6.45, 7) is 0. The Hall–Kier alpha value is -3.99. The first-order valence-corrected chi connectivity index (χ1v) is 10.1. The van der Waals surface area contributed by atoms with Crippen molar-refractivity contribution in [2.45, 2.75) is 6.18 Å². The Kier molecular flexibility index (Phi) is 5.29. The number of benzene rings is 2. The summed E-state index contributed by atoms with van der Waals surface area (Å²) >= 11 is 0.908. The number of carboxylic acid groups (broad SMARTS) is 1. The van der Waals surface area contributed by atoms with E-state index in [2.05, 4.69) is 0 Å². The number of carbonyl (C=O) groups is 2. The van der Waals surface area contributed by atoms with Crippen LogP contribution in [0.15, 0.2) is 48.5 Å². The fraction of sp³-hybridized carbons (Fsp3) is 0.0909. The maximum atomic E-state index is 13.8. The van der Waals surface area contributed by atoms with Crippen LogP contribution in [0.5, 0.6) is 11.5 Å². The van der Waals surface area contributed by atoms with E-state index in [1.807, 2.05) is 0 Å². The van der Waals surface area contributed by atoms with Crippen LogP contribution in [0, 0.1) is 0 Å². The zero-order valence-corrected chi connectivity index (χ0v) is 17.6. The Morgan fingerprint density at radius 2 is 1.82 bits per heavy atom. The molecule has 2 aromatic carbocycles. The smallest absolute Gasteiger partial charge is 0.417 e. The first-order chi connectivity index (χ1) is 15.5. The molecule has 0 radical (unpaired) electrons. The van der Waals surface area contributed by atoms with Gasteiger partial charge in [0.25, 0.3) is 5.91 Å². The van der Waals surface area contributed by atoms with E-state index in [4.69, 9.17) is 10.5 Å². The average Bonchev–Trinajstić information content (AvgIpc) is 3.30. The number of primary amides is 1. The van der Waals surface area contributed by atoms with E-state index in [9.17, 15) is 33.0 Å². The van der Waals surface area contributed by atoms with Gasteiger partial charge in [-0.3, -0.25) is 4.79 Å². The number of hydrogen-bond donors (Lipinski definition) is 3. The van der Waals surface area contributed by atoms with E-state index in [0.29, 0.717) is 22.0 Å². The number of aromatic carboxylic acids is 1. The van der Waals surface area contributed by atoms with Crippen molar-refractivity contribution in [2.75, 3.05) is 7.11 Å². The van der Waals surface area contributed by atoms with Gasteiger partial charge >= 0.3 is 12.1 Å². The molecule has 0 unspecified atom stereocenters. The number of nitrogens with two attached hydrogens (primary N) is 1. The fourth-order valence-corrected chi connectivity index (χ4v) is 4.51. The third-order valence-corrected chi connectivity index (χ3v) is 6.05. The van der Waals surface area contributed by atoms with Crippen molar-refractivity contribution >= 4 is 33.4 Å². The van der Waals surface area contributed by atoms with Crippen molar-refractivity contribution in [1.29, 1.82) is 0 Å². The zero-order chi connectivity index (χ0) is 24.1. The predicted molar refractivity (Wildman–Crippen MR) is 115 cm³/mol. The van der Waals surface area contributed by atoms with Crippen LogP contribution in [0.25, 0.3) is 27.2 Å². The number of methoxy groups -OCH3 is 1. The Morgan fingerprint density at radius 1 is 1.09 bits per heavy atom. The Labute approximate surface area is 188 Å². The van der Waals surface area contributed by atoms with Gasteiger partial charge in [0.15, 0.2) is 0 Å². The number of rotatable bonds is 5. The number of amides is 1. The Balaban J connectivity index is 2.07. The lowest BCUT2D eigenvalue weighted by atomic mass is 10.0. The summed E-state index contributed by atoms with van der Waals surface area (Å²) in [6, 6.07) is 9.97. The van der Waals surface area contributed by atoms with Gasteiger partial charge in [-0.2, -0.15) is 13.2 Å². The number of ether oxygens (including phenoxy) is 1. The van der Waals surface area contributed by atoms with Crippen LogP contribution in [0.2, 0.25) is 0 Å². The molecular weight excluding hydrogens is 461 g/mol. The molecule has 0 atom stereocenters. The summed E-state index contributed by atoms with van der Waals surface area (Å²) in [4.78, 5) is 23.1. The van der Waals surface area contributed by atoms with Crippen LogP contribution < -0.4 is 10.5 Å². The second-order valence-corrected chi connectivity index (χ2v) is 8.09. The topological polar surface area (TPSA) is 115 Å². The number of fused-ring (bicyclic) bond motifs is 1. The second kappa shape index (κ2) is 7.85. The van der Waals surface area contributed by atoms with E-state index >= 15 is 0 Å². The Bertz CT molecular complexity index is 1420. The van der Waals surface area contributed by atoms with Crippen LogP contribution in [0.3, 0.4) is 0 Å². The molecule has 0 spiro atoms. The summed E-state index contributed by atoms with van der Waals surface area (Å²) in [5, 5.41) is 19.0. The van der Waals surface area contributed by atoms with Crippen molar-refractivity contribution in [3.05, 3.63) is 64.5 Å². The van der Waals surface area contributed by atoms with Gasteiger partial charge < -0.3 is 25.3 Å². The molecule has 1 amide bonds.